The molecule has 5 nitrogen and oxygen atoms in total. The molecule has 5 heteroatoms. The molecule has 0 radical (unpaired) electrons. The van der Waals surface area contributed by atoms with E-state index >= 15 is 0 Å². The van der Waals surface area contributed by atoms with Crippen molar-refractivity contribution < 1.29 is 14.3 Å². The first-order valence-electron chi connectivity index (χ1n) is 5.03. The van der Waals surface area contributed by atoms with Gasteiger partial charge in [-0.3, -0.25) is 4.79 Å². The molecule has 0 unspecified atom stereocenters. The summed E-state index contributed by atoms with van der Waals surface area (Å²) in [7, 11) is 2.78. The fourth-order valence-electron chi connectivity index (χ4n) is 1.59. The van der Waals surface area contributed by atoms with E-state index in [9.17, 15) is 4.79 Å². The third-order valence-corrected chi connectivity index (χ3v) is 2.44. The van der Waals surface area contributed by atoms with Crippen molar-refractivity contribution >= 4 is 5.97 Å². The van der Waals surface area contributed by atoms with E-state index in [0.717, 1.165) is 5.56 Å². The molecular weight excluding hydrogens is 220 g/mol. The van der Waals surface area contributed by atoms with Crippen LogP contribution in [0.15, 0.2) is 12.1 Å². The maximum Gasteiger partial charge on any atom is 0.310 e. The molecule has 0 aliphatic heterocycles. The van der Waals surface area contributed by atoms with Crippen LogP contribution in [0.1, 0.15) is 16.7 Å². The average molecular weight is 234 g/mol. The number of methoxy groups -OCH3 is 2. The summed E-state index contributed by atoms with van der Waals surface area (Å²) in [6.07, 6.45) is -0.00356. The Balaban J connectivity index is 3.31. The Morgan fingerprint density at radius 2 is 2.18 bits per heavy atom. The number of carbonyl (C=O) groups excluding carboxylic acids is 1. The number of carbonyl (C=O) groups is 1. The van der Waals surface area contributed by atoms with Crippen molar-refractivity contribution in [2.45, 2.75) is 13.0 Å². The third kappa shape index (κ3) is 2.74. The molecule has 0 fully saturated rings. The van der Waals surface area contributed by atoms with Gasteiger partial charge in [0.15, 0.2) is 0 Å². The summed E-state index contributed by atoms with van der Waals surface area (Å²) in [5.41, 5.74) is 7.24. The molecule has 1 aromatic carbocycles. The largest absolute Gasteiger partial charge is 0.496 e. The Morgan fingerprint density at radius 3 is 2.65 bits per heavy atom. The van der Waals surface area contributed by atoms with Crippen LogP contribution >= 0.6 is 0 Å². The first-order chi connectivity index (χ1) is 8.17. The average Bonchev–Trinajstić information content (AvgIpc) is 2.37. The predicted octanol–water partition coefficient (Wildman–Crippen LogP) is 0.741. The van der Waals surface area contributed by atoms with Crippen LogP contribution in [-0.4, -0.2) is 20.2 Å². The molecule has 17 heavy (non-hydrogen) atoms. The van der Waals surface area contributed by atoms with Crippen LogP contribution in [0.3, 0.4) is 0 Å². The van der Waals surface area contributed by atoms with E-state index in [2.05, 4.69) is 4.74 Å². The predicted molar refractivity (Wildman–Crippen MR) is 61.3 cm³/mol. The third-order valence-electron chi connectivity index (χ3n) is 2.44. The van der Waals surface area contributed by atoms with Crippen molar-refractivity contribution in [1.29, 1.82) is 5.26 Å². The zero-order chi connectivity index (χ0) is 12.8. The van der Waals surface area contributed by atoms with Crippen molar-refractivity contribution in [3.8, 4) is 11.8 Å². The summed E-state index contributed by atoms with van der Waals surface area (Å²) in [4.78, 5) is 11.3. The molecule has 1 rings (SSSR count). The molecule has 0 amide bonds. The number of nitriles is 1. The van der Waals surface area contributed by atoms with Gasteiger partial charge in [0, 0.05) is 17.7 Å². The van der Waals surface area contributed by atoms with Crippen LogP contribution < -0.4 is 10.5 Å². The minimum absolute atomic E-state index is 0.00356. The van der Waals surface area contributed by atoms with E-state index in [1.54, 1.807) is 12.1 Å². The van der Waals surface area contributed by atoms with E-state index < -0.39 is 5.97 Å². The van der Waals surface area contributed by atoms with Crippen LogP contribution in [-0.2, 0) is 22.5 Å². The summed E-state index contributed by atoms with van der Waals surface area (Å²) in [6, 6.07) is 5.37. The first kappa shape index (κ1) is 13.0. The molecule has 0 aromatic heterocycles. The number of nitrogens with two attached hydrogens (primary N) is 1. The monoisotopic (exact) mass is 234 g/mol. The summed E-state index contributed by atoms with van der Waals surface area (Å²) in [5, 5.41) is 9.00. The van der Waals surface area contributed by atoms with Gasteiger partial charge < -0.3 is 15.2 Å². The summed E-state index contributed by atoms with van der Waals surface area (Å²) in [6.45, 7) is 0.281. The lowest BCUT2D eigenvalue weighted by molar-refractivity contribution is -0.139. The molecule has 0 saturated heterocycles. The second-order valence-corrected chi connectivity index (χ2v) is 3.35. The number of nitrogens with zero attached hydrogens (tertiary/aromatic N) is 1. The number of hydrogen-bond acceptors (Lipinski definition) is 5. The molecule has 0 spiro atoms. The second kappa shape index (κ2) is 5.87. The molecule has 0 aliphatic carbocycles. The summed E-state index contributed by atoms with van der Waals surface area (Å²) in [5.74, 6) is 0.0610. The lowest BCUT2D eigenvalue weighted by Crippen LogP contribution is -2.10. The fraction of sp³-hybridized carbons (Fsp3) is 0.333. The molecule has 90 valence electrons. The second-order valence-electron chi connectivity index (χ2n) is 3.35. The number of esters is 1. The van der Waals surface area contributed by atoms with Gasteiger partial charge in [-0.05, 0) is 6.07 Å². The minimum Gasteiger partial charge on any atom is -0.496 e. The molecule has 1 aromatic rings. The standard InChI is InChI=1S/C12H14N2O3/c1-16-11(15)5-10-8(6-13)3-4-9(7-14)12(10)17-2/h3-4H,5,7,14H2,1-2H3. The SMILES string of the molecule is COC(=O)Cc1c(C#N)ccc(CN)c1OC. The lowest BCUT2D eigenvalue weighted by atomic mass is 10.00. The van der Waals surface area contributed by atoms with Gasteiger partial charge in [-0.25, -0.2) is 0 Å². The highest BCUT2D eigenvalue weighted by atomic mass is 16.5. The van der Waals surface area contributed by atoms with Crippen molar-refractivity contribution in [3.63, 3.8) is 0 Å². The highest BCUT2D eigenvalue weighted by molar-refractivity contribution is 5.75. The maximum atomic E-state index is 11.3. The van der Waals surface area contributed by atoms with Crippen molar-refractivity contribution in [2.24, 2.45) is 5.73 Å². The smallest absolute Gasteiger partial charge is 0.310 e. The molecule has 0 atom stereocenters. The lowest BCUT2D eigenvalue weighted by Gasteiger charge is -2.13. The molecule has 0 bridgehead atoms. The Kier molecular flexibility index (Phi) is 4.49. The van der Waals surface area contributed by atoms with Gasteiger partial charge in [0.2, 0.25) is 0 Å². The summed E-state index contributed by atoms with van der Waals surface area (Å²) < 4.78 is 9.81. The van der Waals surface area contributed by atoms with Crippen LogP contribution in [0.25, 0.3) is 0 Å². The molecular formula is C12H14N2O3. The van der Waals surface area contributed by atoms with Crippen LogP contribution in [0.5, 0.6) is 5.75 Å². The topological polar surface area (TPSA) is 85.3 Å². The maximum absolute atomic E-state index is 11.3. The highest BCUT2D eigenvalue weighted by Crippen LogP contribution is 2.27. The van der Waals surface area contributed by atoms with Gasteiger partial charge in [-0.15, -0.1) is 0 Å². The number of benzene rings is 1. The van der Waals surface area contributed by atoms with Crippen molar-refractivity contribution in [1.82, 2.24) is 0 Å². The fourth-order valence-corrected chi connectivity index (χ4v) is 1.59. The number of hydrogen-bond donors (Lipinski definition) is 1. The van der Waals surface area contributed by atoms with Gasteiger partial charge in [-0.1, -0.05) is 6.07 Å². The van der Waals surface area contributed by atoms with Gasteiger partial charge >= 0.3 is 5.97 Å². The normalized spacial score (nSPS) is 9.53. The van der Waals surface area contributed by atoms with Gasteiger partial charge in [0.25, 0.3) is 0 Å². The van der Waals surface area contributed by atoms with Crippen LogP contribution in [0.4, 0.5) is 0 Å². The van der Waals surface area contributed by atoms with Gasteiger partial charge in [0.05, 0.1) is 32.3 Å². The van der Waals surface area contributed by atoms with E-state index in [1.807, 2.05) is 6.07 Å². The van der Waals surface area contributed by atoms with Crippen LogP contribution in [0.2, 0.25) is 0 Å². The Labute approximate surface area is 99.7 Å². The van der Waals surface area contributed by atoms with E-state index in [0.29, 0.717) is 16.9 Å². The minimum atomic E-state index is -0.422. The highest BCUT2D eigenvalue weighted by Gasteiger charge is 2.16. The molecule has 0 heterocycles. The number of rotatable bonds is 4. The summed E-state index contributed by atoms with van der Waals surface area (Å²) >= 11 is 0. The van der Waals surface area contributed by atoms with Gasteiger partial charge in [0.1, 0.15) is 5.75 Å². The zero-order valence-electron chi connectivity index (χ0n) is 9.82. The number of ether oxygens (including phenoxy) is 2. The Hall–Kier alpha value is -2.06. The van der Waals surface area contributed by atoms with E-state index in [-0.39, 0.29) is 13.0 Å². The van der Waals surface area contributed by atoms with Crippen LogP contribution in [0, 0.1) is 11.3 Å². The van der Waals surface area contributed by atoms with Crippen molar-refractivity contribution in [2.75, 3.05) is 14.2 Å². The molecule has 0 aliphatic rings. The zero-order valence-corrected chi connectivity index (χ0v) is 9.82. The quantitative estimate of drug-likeness (QED) is 0.776. The van der Waals surface area contributed by atoms with Gasteiger partial charge in [-0.2, -0.15) is 5.26 Å². The Bertz CT molecular complexity index is 464. The van der Waals surface area contributed by atoms with Crippen molar-refractivity contribution in [3.05, 3.63) is 28.8 Å². The molecule has 2 N–H and O–H groups in total. The van der Waals surface area contributed by atoms with E-state index in [4.69, 9.17) is 15.7 Å². The first-order valence-corrected chi connectivity index (χ1v) is 5.03. The Morgan fingerprint density at radius 1 is 1.47 bits per heavy atom. The molecule has 0 saturated carbocycles. The van der Waals surface area contributed by atoms with E-state index in [1.165, 1.54) is 14.2 Å².